The Morgan fingerprint density at radius 2 is 1.50 bits per heavy atom. The summed E-state index contributed by atoms with van der Waals surface area (Å²) in [6.45, 7) is 3.94. The fraction of sp³-hybridized carbons (Fsp3) is 0.185. The first-order chi connectivity index (χ1) is 15.6. The highest BCUT2D eigenvalue weighted by Gasteiger charge is 2.58. The fourth-order valence-electron chi connectivity index (χ4n) is 4.06. The first-order valence-electron chi connectivity index (χ1n) is 10.5. The molecule has 0 aliphatic carbocycles. The molecule has 0 spiro atoms. The Bertz CT molecular complexity index is 1070. The zero-order valence-electron chi connectivity index (χ0n) is 17.7. The molecule has 162 valence electrons. The minimum absolute atomic E-state index is 0.0986. The van der Waals surface area contributed by atoms with Crippen LogP contribution in [0.4, 0.5) is 4.79 Å². The Morgan fingerprint density at radius 3 is 2.09 bits per heavy atom. The number of benzene rings is 3. The van der Waals surface area contributed by atoms with Gasteiger partial charge >= 0.3 is 12.1 Å². The van der Waals surface area contributed by atoms with Gasteiger partial charge in [0.15, 0.2) is 5.54 Å². The van der Waals surface area contributed by atoms with Gasteiger partial charge < -0.3 is 9.47 Å². The summed E-state index contributed by atoms with van der Waals surface area (Å²) in [5.74, 6) is -0.466. The van der Waals surface area contributed by atoms with Gasteiger partial charge in [0.1, 0.15) is 6.61 Å². The predicted molar refractivity (Wildman–Crippen MR) is 121 cm³/mol. The second-order valence-electron chi connectivity index (χ2n) is 7.77. The summed E-state index contributed by atoms with van der Waals surface area (Å²) in [6, 6.07) is 28.3. The molecule has 0 N–H and O–H groups in total. The van der Waals surface area contributed by atoms with Gasteiger partial charge in [-0.2, -0.15) is 0 Å². The van der Waals surface area contributed by atoms with Crippen LogP contribution >= 0.6 is 0 Å². The largest absolute Gasteiger partial charge is 0.444 e. The van der Waals surface area contributed by atoms with E-state index in [0.717, 1.165) is 11.1 Å². The molecule has 0 bridgehead atoms. The van der Waals surface area contributed by atoms with Crippen molar-refractivity contribution in [3.63, 3.8) is 0 Å². The number of ether oxygens (including phenoxy) is 2. The number of hydrogen-bond donors (Lipinski definition) is 0. The van der Waals surface area contributed by atoms with Crippen LogP contribution in [0.5, 0.6) is 0 Å². The van der Waals surface area contributed by atoms with Crippen molar-refractivity contribution in [3.05, 3.63) is 120 Å². The van der Waals surface area contributed by atoms with Gasteiger partial charge in [-0.05, 0) is 17.5 Å². The molecule has 2 atom stereocenters. The summed E-state index contributed by atoms with van der Waals surface area (Å²) < 4.78 is 11.5. The van der Waals surface area contributed by atoms with Gasteiger partial charge in [-0.25, -0.2) is 9.59 Å². The van der Waals surface area contributed by atoms with Crippen LogP contribution in [0, 0.1) is 0 Å². The first-order valence-corrected chi connectivity index (χ1v) is 10.5. The normalized spacial score (nSPS) is 19.9. The summed E-state index contributed by atoms with van der Waals surface area (Å²) in [4.78, 5) is 28.3. The van der Waals surface area contributed by atoms with E-state index in [4.69, 9.17) is 9.47 Å². The number of hydrogen-bond acceptors (Lipinski definition) is 4. The second kappa shape index (κ2) is 9.52. The van der Waals surface area contributed by atoms with Crippen molar-refractivity contribution >= 4 is 12.1 Å². The average molecular weight is 428 g/mol. The van der Waals surface area contributed by atoms with Gasteiger partial charge in [-0.1, -0.05) is 97.1 Å². The van der Waals surface area contributed by atoms with Crippen LogP contribution in [0.1, 0.15) is 29.3 Å². The maximum absolute atomic E-state index is 13.5. The maximum atomic E-state index is 13.5. The summed E-state index contributed by atoms with van der Waals surface area (Å²) in [6.07, 6.45) is 0.698. The van der Waals surface area contributed by atoms with Gasteiger partial charge in [0, 0.05) is 12.0 Å². The molecule has 1 amide bonds. The zero-order valence-corrected chi connectivity index (χ0v) is 17.7. The van der Waals surface area contributed by atoms with Crippen molar-refractivity contribution in [1.29, 1.82) is 0 Å². The van der Waals surface area contributed by atoms with Gasteiger partial charge in [-0.15, -0.1) is 6.58 Å². The van der Waals surface area contributed by atoms with E-state index in [1.54, 1.807) is 6.08 Å². The van der Waals surface area contributed by atoms with Crippen LogP contribution in [0.15, 0.2) is 104 Å². The molecule has 32 heavy (non-hydrogen) atoms. The number of nitrogens with zero attached hydrogens (tertiary/aromatic N) is 1. The SMILES string of the molecule is C=CC[C@@]1(Cc2ccccc2)C(=O)O[C@H](c2ccccc2)N1C(=O)OCc1ccccc1. The Morgan fingerprint density at radius 1 is 0.938 bits per heavy atom. The average Bonchev–Trinajstić information content (AvgIpc) is 3.11. The molecule has 0 radical (unpaired) electrons. The summed E-state index contributed by atoms with van der Waals surface area (Å²) in [7, 11) is 0. The predicted octanol–water partition coefficient (Wildman–Crippen LogP) is 5.44. The summed E-state index contributed by atoms with van der Waals surface area (Å²) in [5, 5.41) is 0. The van der Waals surface area contributed by atoms with E-state index in [0.29, 0.717) is 12.0 Å². The number of rotatable bonds is 7. The molecule has 1 fully saturated rings. The molecule has 5 nitrogen and oxygen atoms in total. The van der Waals surface area contributed by atoms with E-state index in [1.807, 2.05) is 91.0 Å². The van der Waals surface area contributed by atoms with Crippen LogP contribution in [0.2, 0.25) is 0 Å². The molecule has 3 aromatic carbocycles. The number of carbonyl (C=O) groups excluding carboxylic acids is 2. The van der Waals surface area contributed by atoms with Crippen molar-refractivity contribution in [1.82, 2.24) is 4.90 Å². The third kappa shape index (κ3) is 4.28. The van der Waals surface area contributed by atoms with Crippen molar-refractivity contribution in [2.45, 2.75) is 31.2 Å². The Kier molecular flexibility index (Phi) is 6.36. The highest BCUT2D eigenvalue weighted by atomic mass is 16.6. The molecule has 0 saturated carbocycles. The third-order valence-electron chi connectivity index (χ3n) is 5.60. The number of esters is 1. The monoisotopic (exact) mass is 427 g/mol. The lowest BCUT2D eigenvalue weighted by atomic mass is 9.86. The van der Waals surface area contributed by atoms with Crippen LogP contribution in [0.25, 0.3) is 0 Å². The van der Waals surface area contributed by atoms with E-state index in [-0.39, 0.29) is 13.0 Å². The summed E-state index contributed by atoms with van der Waals surface area (Å²) in [5.41, 5.74) is 1.23. The van der Waals surface area contributed by atoms with Gasteiger partial charge in [-0.3, -0.25) is 4.90 Å². The van der Waals surface area contributed by atoms with Crippen LogP contribution < -0.4 is 0 Å². The van der Waals surface area contributed by atoms with Crippen LogP contribution in [-0.2, 0) is 27.3 Å². The highest BCUT2D eigenvalue weighted by molar-refractivity contribution is 5.89. The van der Waals surface area contributed by atoms with Crippen molar-refractivity contribution in [3.8, 4) is 0 Å². The lowest BCUT2D eigenvalue weighted by molar-refractivity contribution is -0.145. The zero-order chi connectivity index (χ0) is 22.4. The minimum atomic E-state index is -1.25. The quantitative estimate of drug-likeness (QED) is 0.372. The second-order valence-corrected chi connectivity index (χ2v) is 7.77. The van der Waals surface area contributed by atoms with Crippen molar-refractivity contribution < 1.29 is 19.1 Å². The Labute approximate surface area is 187 Å². The summed E-state index contributed by atoms with van der Waals surface area (Å²) >= 11 is 0. The van der Waals surface area contributed by atoms with E-state index < -0.39 is 23.8 Å². The minimum Gasteiger partial charge on any atom is -0.444 e. The number of amides is 1. The fourth-order valence-corrected chi connectivity index (χ4v) is 4.06. The van der Waals surface area contributed by atoms with E-state index in [9.17, 15) is 9.59 Å². The molecule has 1 heterocycles. The van der Waals surface area contributed by atoms with Crippen molar-refractivity contribution in [2.75, 3.05) is 0 Å². The Hall–Kier alpha value is -3.86. The van der Waals surface area contributed by atoms with Crippen LogP contribution in [0.3, 0.4) is 0 Å². The molecule has 3 aromatic rings. The Balaban J connectivity index is 1.72. The molecule has 1 saturated heterocycles. The standard InChI is InChI=1S/C27H25NO4/c1-2-18-27(19-21-12-6-3-7-13-21)25(29)32-24(23-16-10-5-11-17-23)28(27)26(30)31-20-22-14-8-4-9-15-22/h2-17,24H,1,18-20H2/t24-,27-/m1/s1. The topological polar surface area (TPSA) is 55.8 Å². The van der Waals surface area contributed by atoms with Crippen LogP contribution in [-0.4, -0.2) is 22.5 Å². The maximum Gasteiger partial charge on any atom is 0.414 e. The van der Waals surface area contributed by atoms with Gasteiger partial charge in [0.2, 0.25) is 6.23 Å². The van der Waals surface area contributed by atoms with E-state index in [1.165, 1.54) is 4.90 Å². The molecular weight excluding hydrogens is 402 g/mol. The van der Waals surface area contributed by atoms with Gasteiger partial charge in [0.05, 0.1) is 0 Å². The third-order valence-corrected chi connectivity index (χ3v) is 5.60. The van der Waals surface area contributed by atoms with Gasteiger partial charge in [0.25, 0.3) is 0 Å². The molecule has 1 aliphatic heterocycles. The highest BCUT2D eigenvalue weighted by Crippen LogP contribution is 2.43. The first kappa shape index (κ1) is 21.4. The molecule has 5 heteroatoms. The molecule has 4 rings (SSSR count). The smallest absolute Gasteiger partial charge is 0.414 e. The number of cyclic esters (lactones) is 1. The van der Waals surface area contributed by atoms with E-state index >= 15 is 0 Å². The molecule has 0 unspecified atom stereocenters. The molecule has 1 aliphatic rings. The lowest BCUT2D eigenvalue weighted by Gasteiger charge is -2.35. The van der Waals surface area contributed by atoms with Crippen molar-refractivity contribution in [2.24, 2.45) is 0 Å². The molecular formula is C27H25NO4. The number of carbonyl (C=O) groups is 2. The lowest BCUT2D eigenvalue weighted by Crippen LogP contribution is -2.53. The van der Waals surface area contributed by atoms with E-state index in [2.05, 4.69) is 6.58 Å². The molecule has 0 aromatic heterocycles.